The van der Waals surface area contributed by atoms with Gasteiger partial charge in [0.25, 0.3) is 0 Å². The minimum atomic E-state index is -0.910. The van der Waals surface area contributed by atoms with Crippen LogP contribution in [-0.4, -0.2) is 51.6 Å². The molecule has 98 valence electrons. The van der Waals surface area contributed by atoms with Gasteiger partial charge in [-0.3, -0.25) is 4.79 Å². The predicted molar refractivity (Wildman–Crippen MR) is 68.0 cm³/mol. The summed E-state index contributed by atoms with van der Waals surface area (Å²) in [6.45, 7) is 6.67. The zero-order valence-electron chi connectivity index (χ0n) is 10.5. The van der Waals surface area contributed by atoms with Crippen molar-refractivity contribution in [1.82, 2.24) is 10.2 Å². The smallest absolute Gasteiger partial charge is 0.327 e. The van der Waals surface area contributed by atoms with Crippen LogP contribution >= 0.6 is 11.8 Å². The van der Waals surface area contributed by atoms with Crippen LogP contribution in [0, 0.1) is 0 Å². The number of hydrogen-bond acceptors (Lipinski definition) is 4. The summed E-state index contributed by atoms with van der Waals surface area (Å²) in [5.74, 6) is -0.00898. The normalized spacial score (nSPS) is 20.6. The van der Waals surface area contributed by atoms with Crippen LogP contribution in [0.1, 0.15) is 27.2 Å². The SMILES string of the molecule is CC(C)(C)NCCC(=O)N1CSCC1C(=O)O. The topological polar surface area (TPSA) is 69.6 Å². The van der Waals surface area contributed by atoms with Gasteiger partial charge < -0.3 is 15.3 Å². The summed E-state index contributed by atoms with van der Waals surface area (Å²) >= 11 is 1.49. The lowest BCUT2D eigenvalue weighted by atomic mass is 10.1. The fraction of sp³-hybridized carbons (Fsp3) is 0.818. The Hall–Kier alpha value is -0.750. The Balaban J connectivity index is 2.40. The van der Waals surface area contributed by atoms with Gasteiger partial charge in [0.15, 0.2) is 0 Å². The number of aliphatic carboxylic acids is 1. The number of nitrogens with zero attached hydrogens (tertiary/aromatic N) is 1. The number of carbonyl (C=O) groups is 2. The molecule has 17 heavy (non-hydrogen) atoms. The maximum Gasteiger partial charge on any atom is 0.327 e. The van der Waals surface area contributed by atoms with Crippen molar-refractivity contribution < 1.29 is 14.7 Å². The number of carboxylic acids is 1. The summed E-state index contributed by atoms with van der Waals surface area (Å²) in [7, 11) is 0. The summed E-state index contributed by atoms with van der Waals surface area (Å²) in [4.78, 5) is 24.2. The van der Waals surface area contributed by atoms with E-state index in [0.717, 1.165) is 0 Å². The van der Waals surface area contributed by atoms with Crippen molar-refractivity contribution in [2.45, 2.75) is 38.8 Å². The Labute approximate surface area is 106 Å². The molecule has 6 heteroatoms. The molecule has 0 aromatic heterocycles. The fourth-order valence-corrected chi connectivity index (χ4v) is 2.75. The summed E-state index contributed by atoms with van der Waals surface area (Å²) < 4.78 is 0. The number of carbonyl (C=O) groups excluding carboxylic acids is 1. The molecule has 1 saturated heterocycles. The van der Waals surface area contributed by atoms with E-state index < -0.39 is 12.0 Å². The summed E-state index contributed by atoms with van der Waals surface area (Å²) in [6, 6.07) is -0.651. The molecule has 0 bridgehead atoms. The van der Waals surface area contributed by atoms with Crippen LogP contribution < -0.4 is 5.32 Å². The third kappa shape index (κ3) is 4.55. The molecule has 1 amide bonds. The van der Waals surface area contributed by atoms with E-state index in [4.69, 9.17) is 5.11 Å². The van der Waals surface area contributed by atoms with E-state index in [1.165, 1.54) is 16.7 Å². The van der Waals surface area contributed by atoms with Gasteiger partial charge in [-0.25, -0.2) is 4.79 Å². The maximum atomic E-state index is 11.9. The summed E-state index contributed by atoms with van der Waals surface area (Å²) in [5, 5.41) is 12.2. The molecule has 0 aromatic carbocycles. The predicted octanol–water partition coefficient (Wildman–Crippen LogP) is 0.751. The minimum absolute atomic E-state index is 0.0216. The molecule has 1 aliphatic rings. The first kappa shape index (κ1) is 14.3. The van der Waals surface area contributed by atoms with E-state index in [2.05, 4.69) is 5.32 Å². The zero-order chi connectivity index (χ0) is 13.1. The van der Waals surface area contributed by atoms with Gasteiger partial charge in [0, 0.05) is 24.3 Å². The van der Waals surface area contributed by atoms with E-state index >= 15 is 0 Å². The molecule has 1 unspecified atom stereocenters. The highest BCUT2D eigenvalue weighted by molar-refractivity contribution is 7.99. The highest BCUT2D eigenvalue weighted by Crippen LogP contribution is 2.21. The number of hydrogen-bond donors (Lipinski definition) is 2. The van der Waals surface area contributed by atoms with E-state index in [1.54, 1.807) is 0 Å². The first-order valence-corrected chi connectivity index (χ1v) is 6.82. The zero-order valence-corrected chi connectivity index (χ0v) is 11.3. The van der Waals surface area contributed by atoms with Gasteiger partial charge in [-0.1, -0.05) is 0 Å². The third-order valence-corrected chi connectivity index (χ3v) is 3.49. The standard InChI is InChI=1S/C11H20N2O3S/c1-11(2,3)12-5-4-9(14)13-7-17-6-8(13)10(15)16/h8,12H,4-7H2,1-3H3,(H,15,16). The van der Waals surface area contributed by atoms with Gasteiger partial charge >= 0.3 is 5.97 Å². The van der Waals surface area contributed by atoms with Crippen LogP contribution in [0.25, 0.3) is 0 Å². The Morgan fingerprint density at radius 3 is 2.65 bits per heavy atom. The van der Waals surface area contributed by atoms with Crippen LogP contribution in [-0.2, 0) is 9.59 Å². The lowest BCUT2D eigenvalue weighted by Crippen LogP contribution is -2.44. The molecule has 0 aliphatic carbocycles. The third-order valence-electron chi connectivity index (χ3n) is 2.48. The number of nitrogens with one attached hydrogen (secondary N) is 1. The number of rotatable bonds is 4. The van der Waals surface area contributed by atoms with Crippen LogP contribution in [0.15, 0.2) is 0 Å². The van der Waals surface area contributed by atoms with Gasteiger partial charge in [0.1, 0.15) is 6.04 Å². The van der Waals surface area contributed by atoms with Gasteiger partial charge in [0.2, 0.25) is 5.91 Å². The monoisotopic (exact) mass is 260 g/mol. The van der Waals surface area contributed by atoms with Gasteiger partial charge in [-0.2, -0.15) is 0 Å². The van der Waals surface area contributed by atoms with Crippen LogP contribution in [0.3, 0.4) is 0 Å². The molecule has 1 fully saturated rings. The van der Waals surface area contributed by atoms with E-state index in [-0.39, 0.29) is 11.4 Å². The van der Waals surface area contributed by atoms with Crippen molar-refractivity contribution in [3.8, 4) is 0 Å². The van der Waals surface area contributed by atoms with Crippen molar-refractivity contribution in [2.24, 2.45) is 0 Å². The van der Waals surface area contributed by atoms with E-state index in [1.807, 2.05) is 20.8 Å². The molecular weight excluding hydrogens is 240 g/mol. The molecule has 0 saturated carbocycles. The highest BCUT2D eigenvalue weighted by Gasteiger charge is 2.34. The number of thioether (sulfide) groups is 1. The van der Waals surface area contributed by atoms with E-state index in [0.29, 0.717) is 24.6 Å². The molecule has 0 radical (unpaired) electrons. The molecule has 1 aliphatic heterocycles. The van der Waals surface area contributed by atoms with Crippen LogP contribution in [0.5, 0.6) is 0 Å². The lowest BCUT2D eigenvalue weighted by Gasteiger charge is -2.23. The molecule has 0 spiro atoms. The molecule has 2 N–H and O–H groups in total. The fourth-order valence-electron chi connectivity index (χ4n) is 1.58. The second kappa shape index (κ2) is 5.73. The maximum absolute atomic E-state index is 11.9. The average molecular weight is 260 g/mol. The quantitative estimate of drug-likeness (QED) is 0.780. The molecule has 1 rings (SSSR count). The van der Waals surface area contributed by atoms with Gasteiger partial charge in [-0.05, 0) is 20.8 Å². The van der Waals surface area contributed by atoms with Crippen LogP contribution in [0.4, 0.5) is 0 Å². The van der Waals surface area contributed by atoms with Gasteiger partial charge in [-0.15, -0.1) is 11.8 Å². The molecular formula is C11H20N2O3S. The van der Waals surface area contributed by atoms with Crippen molar-refractivity contribution >= 4 is 23.6 Å². The first-order chi connectivity index (χ1) is 7.81. The Bertz CT molecular complexity index is 302. The van der Waals surface area contributed by atoms with E-state index in [9.17, 15) is 9.59 Å². The average Bonchev–Trinajstić information content (AvgIpc) is 2.63. The molecule has 0 aromatic rings. The van der Waals surface area contributed by atoms with Crippen molar-refractivity contribution in [3.05, 3.63) is 0 Å². The Morgan fingerprint density at radius 2 is 2.12 bits per heavy atom. The van der Waals surface area contributed by atoms with Crippen molar-refractivity contribution in [2.75, 3.05) is 18.2 Å². The second-order valence-corrected chi connectivity index (χ2v) is 6.14. The molecule has 5 nitrogen and oxygen atoms in total. The summed E-state index contributed by atoms with van der Waals surface area (Å²) in [6.07, 6.45) is 0.349. The molecule has 1 atom stereocenters. The largest absolute Gasteiger partial charge is 0.480 e. The van der Waals surface area contributed by atoms with Crippen molar-refractivity contribution in [1.29, 1.82) is 0 Å². The van der Waals surface area contributed by atoms with Gasteiger partial charge in [0.05, 0.1) is 5.88 Å². The number of amides is 1. The Morgan fingerprint density at radius 1 is 1.47 bits per heavy atom. The highest BCUT2D eigenvalue weighted by atomic mass is 32.2. The summed E-state index contributed by atoms with van der Waals surface area (Å²) in [5.41, 5.74) is -0.0216. The van der Waals surface area contributed by atoms with Crippen molar-refractivity contribution in [3.63, 3.8) is 0 Å². The Kier molecular flexibility index (Phi) is 4.82. The molecule has 1 heterocycles. The second-order valence-electron chi connectivity index (χ2n) is 5.14. The minimum Gasteiger partial charge on any atom is -0.480 e. The lowest BCUT2D eigenvalue weighted by molar-refractivity contribution is -0.147. The van der Waals surface area contributed by atoms with Crippen LogP contribution in [0.2, 0.25) is 0 Å². The first-order valence-electron chi connectivity index (χ1n) is 5.66. The number of carboxylic acid groups (broad SMARTS) is 1.